The van der Waals surface area contributed by atoms with Gasteiger partial charge in [0.25, 0.3) is 11.8 Å². The molecule has 142 valence electrons. The van der Waals surface area contributed by atoms with Gasteiger partial charge in [0.1, 0.15) is 0 Å². The van der Waals surface area contributed by atoms with E-state index in [0.29, 0.717) is 0 Å². The van der Waals surface area contributed by atoms with Crippen molar-refractivity contribution in [2.45, 2.75) is 20.0 Å². The molecule has 8 heteroatoms. The number of imide groups is 1. The van der Waals surface area contributed by atoms with Crippen LogP contribution in [0.2, 0.25) is 0 Å². The van der Waals surface area contributed by atoms with Crippen molar-refractivity contribution in [1.29, 1.82) is 0 Å². The van der Waals surface area contributed by atoms with E-state index in [1.54, 1.807) is 74.5 Å². The van der Waals surface area contributed by atoms with Gasteiger partial charge in [-0.25, -0.2) is 14.3 Å². The van der Waals surface area contributed by atoms with Crippen LogP contribution in [0.3, 0.4) is 0 Å². The van der Waals surface area contributed by atoms with Crippen LogP contribution >= 0.6 is 0 Å². The average molecular weight is 379 g/mol. The molecule has 28 heavy (non-hydrogen) atoms. The van der Waals surface area contributed by atoms with Crippen molar-refractivity contribution in [2.75, 3.05) is 4.90 Å². The molecule has 1 heterocycles. The smallest absolute Gasteiger partial charge is 0.364 e. The molecule has 3 rings (SSSR count). The van der Waals surface area contributed by atoms with Gasteiger partial charge in [0.2, 0.25) is 11.5 Å². The second kappa shape index (κ2) is 8.26. The van der Waals surface area contributed by atoms with Gasteiger partial charge in [0.05, 0.1) is 6.10 Å². The van der Waals surface area contributed by atoms with Crippen LogP contribution in [-0.4, -0.2) is 34.2 Å². The number of carbonyl (C=O) groups excluding carboxylic acids is 3. The van der Waals surface area contributed by atoms with Crippen molar-refractivity contribution in [2.24, 2.45) is 0 Å². The molecule has 0 aliphatic carbocycles. The Morgan fingerprint density at radius 1 is 0.857 bits per heavy atom. The lowest BCUT2D eigenvalue weighted by Gasteiger charge is -2.18. The first-order valence-corrected chi connectivity index (χ1v) is 8.51. The van der Waals surface area contributed by atoms with Crippen LogP contribution in [0, 0.1) is 0 Å². The number of nitrogens with zero attached hydrogens (tertiary/aromatic N) is 3. The molecule has 0 unspecified atom stereocenters. The largest absolute Gasteiger partial charge is 0.458 e. The van der Waals surface area contributed by atoms with Gasteiger partial charge in [-0.15, -0.1) is 0 Å². The van der Waals surface area contributed by atoms with Crippen LogP contribution in [0.4, 0.5) is 5.82 Å². The number of hydrogen-bond donors (Lipinski definition) is 0. The third-order valence-electron chi connectivity index (χ3n) is 3.67. The maximum absolute atomic E-state index is 13.1. The maximum Gasteiger partial charge on any atom is 0.364 e. The van der Waals surface area contributed by atoms with Crippen LogP contribution in [0.15, 0.2) is 65.3 Å². The first kappa shape index (κ1) is 19.0. The van der Waals surface area contributed by atoms with Crippen LogP contribution in [0.5, 0.6) is 0 Å². The lowest BCUT2D eigenvalue weighted by molar-refractivity contribution is 0.0366. The molecule has 0 bridgehead atoms. The summed E-state index contributed by atoms with van der Waals surface area (Å²) in [5.41, 5.74) is 0.109. The molecule has 1 aromatic heterocycles. The fourth-order valence-electron chi connectivity index (χ4n) is 2.43. The Hall–Kier alpha value is -3.81. The number of rotatable bonds is 5. The van der Waals surface area contributed by atoms with E-state index in [4.69, 9.17) is 4.74 Å². The van der Waals surface area contributed by atoms with E-state index in [2.05, 4.69) is 14.9 Å². The summed E-state index contributed by atoms with van der Waals surface area (Å²) >= 11 is 0. The molecular weight excluding hydrogens is 362 g/mol. The fourth-order valence-corrected chi connectivity index (χ4v) is 2.43. The number of hydrogen-bond acceptors (Lipinski definition) is 7. The van der Waals surface area contributed by atoms with Gasteiger partial charge in [-0.2, -0.15) is 0 Å². The maximum atomic E-state index is 13.1. The molecule has 0 N–H and O–H groups in total. The van der Waals surface area contributed by atoms with Gasteiger partial charge in [-0.05, 0) is 48.4 Å². The van der Waals surface area contributed by atoms with E-state index >= 15 is 0 Å². The molecule has 2 amide bonds. The highest BCUT2D eigenvalue weighted by Crippen LogP contribution is 2.23. The van der Waals surface area contributed by atoms with E-state index in [-0.39, 0.29) is 22.6 Å². The average Bonchev–Trinajstić information content (AvgIpc) is 3.18. The summed E-state index contributed by atoms with van der Waals surface area (Å²) in [4.78, 5) is 39.3. The summed E-state index contributed by atoms with van der Waals surface area (Å²) in [6.07, 6.45) is -0.430. The van der Waals surface area contributed by atoms with Crippen molar-refractivity contribution >= 4 is 23.6 Å². The second-order valence-electron chi connectivity index (χ2n) is 6.07. The zero-order valence-corrected chi connectivity index (χ0v) is 15.2. The highest BCUT2D eigenvalue weighted by Gasteiger charge is 2.34. The van der Waals surface area contributed by atoms with E-state index in [1.165, 1.54) is 0 Å². The highest BCUT2D eigenvalue weighted by molar-refractivity contribution is 6.26. The van der Waals surface area contributed by atoms with Crippen molar-refractivity contribution in [1.82, 2.24) is 10.3 Å². The number of anilines is 1. The second-order valence-corrected chi connectivity index (χ2v) is 6.07. The Kier molecular flexibility index (Phi) is 5.59. The summed E-state index contributed by atoms with van der Waals surface area (Å²) < 4.78 is 9.76. The fraction of sp³-hybridized carbons (Fsp3) is 0.150. The molecule has 0 radical (unpaired) electrons. The molecule has 8 nitrogen and oxygen atoms in total. The van der Waals surface area contributed by atoms with Crippen molar-refractivity contribution in [3.63, 3.8) is 0 Å². The predicted octanol–water partition coefficient (Wildman–Crippen LogP) is 3.12. The van der Waals surface area contributed by atoms with Crippen molar-refractivity contribution in [3.8, 4) is 0 Å². The minimum absolute atomic E-state index is 0.234. The van der Waals surface area contributed by atoms with E-state index in [1.807, 2.05) is 0 Å². The minimum Gasteiger partial charge on any atom is -0.458 e. The lowest BCUT2D eigenvalue weighted by atomic mass is 10.1. The summed E-state index contributed by atoms with van der Waals surface area (Å²) in [6.45, 7) is 3.32. The Morgan fingerprint density at radius 2 is 1.36 bits per heavy atom. The summed E-state index contributed by atoms with van der Waals surface area (Å²) in [5.74, 6) is -2.53. The van der Waals surface area contributed by atoms with Gasteiger partial charge < -0.3 is 4.74 Å². The zero-order chi connectivity index (χ0) is 20.1. The molecule has 0 saturated heterocycles. The predicted molar refractivity (Wildman–Crippen MR) is 98.9 cm³/mol. The Bertz CT molecular complexity index is 932. The molecule has 0 spiro atoms. The standard InChI is InChI=1S/C20H17N3O5/c1-13(2)27-20(26)16-17(22-28-21-16)23(18(24)14-9-5-3-6-10-14)19(25)15-11-7-4-8-12-15/h3-13H,1-2H3. The molecular formula is C20H17N3O5. The van der Waals surface area contributed by atoms with E-state index in [9.17, 15) is 14.4 Å². The summed E-state index contributed by atoms with van der Waals surface area (Å²) in [5, 5.41) is 7.17. The summed E-state index contributed by atoms with van der Waals surface area (Å²) in [6, 6.07) is 16.3. The number of esters is 1. The lowest BCUT2D eigenvalue weighted by Crippen LogP contribution is -2.38. The van der Waals surface area contributed by atoms with Gasteiger partial charge in [-0.1, -0.05) is 36.4 Å². The molecule has 0 aliphatic rings. The Morgan fingerprint density at radius 3 is 1.82 bits per heavy atom. The van der Waals surface area contributed by atoms with E-state index < -0.39 is 23.9 Å². The molecule has 2 aromatic carbocycles. The minimum atomic E-state index is -0.849. The normalized spacial score (nSPS) is 10.5. The SMILES string of the molecule is CC(C)OC(=O)c1nonc1N(C(=O)c1ccccc1)C(=O)c1ccccc1. The van der Waals surface area contributed by atoms with E-state index in [0.717, 1.165) is 4.90 Å². The van der Waals surface area contributed by atoms with Crippen molar-refractivity contribution in [3.05, 3.63) is 77.5 Å². The van der Waals surface area contributed by atoms with Crippen molar-refractivity contribution < 1.29 is 23.7 Å². The van der Waals surface area contributed by atoms with Crippen LogP contribution in [0.1, 0.15) is 45.1 Å². The molecule has 0 aliphatic heterocycles. The van der Waals surface area contributed by atoms with Gasteiger partial charge in [0.15, 0.2) is 0 Å². The van der Waals surface area contributed by atoms with Crippen LogP contribution < -0.4 is 4.90 Å². The van der Waals surface area contributed by atoms with Gasteiger partial charge in [-0.3, -0.25) is 9.59 Å². The van der Waals surface area contributed by atoms with Gasteiger partial charge >= 0.3 is 5.97 Å². The number of benzene rings is 2. The Balaban J connectivity index is 2.08. The molecule has 0 saturated carbocycles. The third kappa shape index (κ3) is 3.96. The first-order chi connectivity index (χ1) is 13.5. The number of ether oxygens (including phenoxy) is 1. The zero-order valence-electron chi connectivity index (χ0n) is 15.2. The van der Waals surface area contributed by atoms with Crippen LogP contribution in [0.25, 0.3) is 0 Å². The number of amides is 2. The molecule has 0 fully saturated rings. The number of carbonyl (C=O) groups is 3. The first-order valence-electron chi connectivity index (χ1n) is 8.51. The Labute approximate surface area is 160 Å². The highest BCUT2D eigenvalue weighted by atomic mass is 16.6. The summed E-state index contributed by atoms with van der Waals surface area (Å²) in [7, 11) is 0. The van der Waals surface area contributed by atoms with Gasteiger partial charge in [0, 0.05) is 11.1 Å². The molecule has 0 atom stereocenters. The monoisotopic (exact) mass is 379 g/mol. The molecule has 3 aromatic rings. The quantitative estimate of drug-likeness (QED) is 0.496. The third-order valence-corrected chi connectivity index (χ3v) is 3.67. The topological polar surface area (TPSA) is 103 Å². The number of aromatic nitrogens is 2. The van der Waals surface area contributed by atoms with Crippen LogP contribution in [-0.2, 0) is 4.74 Å².